The second-order valence-corrected chi connectivity index (χ2v) is 15.9. The number of hydrogen-bond donors (Lipinski definition) is 2. The molecule has 0 fully saturated rings. The molecule has 0 unspecified atom stereocenters. The number of nitrogens with zero attached hydrogens (tertiary/aromatic N) is 1. The lowest BCUT2D eigenvalue weighted by Gasteiger charge is -2.28. The molecule has 1 aliphatic rings. The lowest BCUT2D eigenvalue weighted by molar-refractivity contribution is -0.118. The van der Waals surface area contributed by atoms with Crippen LogP contribution in [0, 0.1) is 0 Å². The average Bonchev–Trinajstić information content (AvgIpc) is 2.95. The normalized spacial score (nSPS) is 12.8. The van der Waals surface area contributed by atoms with Gasteiger partial charge in [-0.1, -0.05) is 91.6 Å². The molecule has 2 N–H and O–H groups in total. The summed E-state index contributed by atoms with van der Waals surface area (Å²) in [6.45, 7) is 15.9. The summed E-state index contributed by atoms with van der Waals surface area (Å²) in [5.41, 5.74) is 5.01. The number of para-hydroxylation sites is 1. The van der Waals surface area contributed by atoms with Gasteiger partial charge in [-0.2, -0.15) is 0 Å². The average molecular weight is 619 g/mol. The van der Waals surface area contributed by atoms with Crippen LogP contribution >= 0.6 is 23.5 Å². The second kappa shape index (κ2) is 14.5. The van der Waals surface area contributed by atoms with Crippen LogP contribution in [0.1, 0.15) is 105 Å². The summed E-state index contributed by atoms with van der Waals surface area (Å²) in [6.07, 6.45) is 6.84. The van der Waals surface area contributed by atoms with E-state index >= 15 is 0 Å². The number of thioether (sulfide) groups is 1. The van der Waals surface area contributed by atoms with Gasteiger partial charge in [0.25, 0.3) is 0 Å². The smallest absolute Gasteiger partial charge is 0.226 e. The van der Waals surface area contributed by atoms with Crippen molar-refractivity contribution in [2.75, 3.05) is 22.5 Å². The van der Waals surface area contributed by atoms with E-state index in [4.69, 9.17) is 0 Å². The first-order valence-corrected chi connectivity index (χ1v) is 17.7. The van der Waals surface area contributed by atoms with Gasteiger partial charge in [0.15, 0.2) is 0 Å². The zero-order valence-electron chi connectivity index (χ0n) is 27.2. The number of benzene rings is 3. The summed E-state index contributed by atoms with van der Waals surface area (Å²) >= 11 is 3.63. The van der Waals surface area contributed by atoms with Crippen molar-refractivity contribution in [3.05, 3.63) is 65.7 Å². The van der Waals surface area contributed by atoms with Crippen molar-refractivity contribution in [1.82, 2.24) is 0 Å². The number of carbonyl (C=O) groups is 1. The Bertz CT molecular complexity index is 1370. The Kier molecular flexibility index (Phi) is 11.2. The number of aromatic hydroxyl groups is 1. The van der Waals surface area contributed by atoms with Gasteiger partial charge in [0.05, 0.1) is 11.4 Å². The zero-order valence-corrected chi connectivity index (χ0v) is 28.8. The molecule has 0 saturated heterocycles. The Morgan fingerprint density at radius 1 is 0.837 bits per heavy atom. The van der Waals surface area contributed by atoms with E-state index in [2.05, 4.69) is 108 Å². The van der Waals surface area contributed by atoms with Crippen LogP contribution in [0.2, 0.25) is 0 Å². The number of nitrogens with one attached hydrogen (secondary N) is 1. The van der Waals surface area contributed by atoms with Gasteiger partial charge in [0.1, 0.15) is 5.75 Å². The third-order valence-electron chi connectivity index (χ3n) is 7.94. The molecule has 1 aliphatic heterocycles. The van der Waals surface area contributed by atoms with Crippen LogP contribution in [-0.4, -0.2) is 23.3 Å². The van der Waals surface area contributed by atoms with E-state index in [1.807, 2.05) is 16.7 Å². The lowest BCUT2D eigenvalue weighted by Crippen LogP contribution is -2.31. The molecule has 1 heterocycles. The molecule has 232 valence electrons. The van der Waals surface area contributed by atoms with Gasteiger partial charge in [-0.05, 0) is 78.3 Å². The number of fused-ring (bicyclic) bond motifs is 2. The molecule has 4 rings (SSSR count). The van der Waals surface area contributed by atoms with Gasteiger partial charge in [-0.3, -0.25) is 4.79 Å². The Morgan fingerprint density at radius 3 is 2.19 bits per heavy atom. The van der Waals surface area contributed by atoms with Crippen molar-refractivity contribution in [2.45, 2.75) is 119 Å². The number of phenolic OH excluding ortho intramolecular Hbond substituents is 1. The molecule has 0 radical (unpaired) electrons. The van der Waals surface area contributed by atoms with Crippen LogP contribution < -0.4 is 10.2 Å². The monoisotopic (exact) mass is 618 g/mol. The predicted octanol–water partition coefficient (Wildman–Crippen LogP) is 11.1. The summed E-state index contributed by atoms with van der Waals surface area (Å²) in [5.74, 6) is 1.66. The van der Waals surface area contributed by atoms with Gasteiger partial charge >= 0.3 is 0 Å². The highest BCUT2D eigenvalue weighted by Crippen LogP contribution is 2.45. The highest BCUT2D eigenvalue weighted by Gasteiger charge is 2.27. The highest BCUT2D eigenvalue weighted by molar-refractivity contribution is 7.99. The standard InChI is InChI=1S/C37H50N2O2S2/c1-8-9-14-21-39(26-19-20-31-33(23-26)43-32-17-13-12-16-30(32)38-31)34(40)18-11-10-15-22-42-27-24-28(36(2,3)4)35(41)29(25-27)37(5,6)7/h12-13,16-17,19-20,23-25,38,41H,8-11,14-15,18,21-22H2,1-7H3. The van der Waals surface area contributed by atoms with E-state index in [1.54, 1.807) is 11.8 Å². The molecular weight excluding hydrogens is 569 g/mol. The van der Waals surface area contributed by atoms with Crippen molar-refractivity contribution in [2.24, 2.45) is 0 Å². The molecule has 0 spiro atoms. The van der Waals surface area contributed by atoms with E-state index in [-0.39, 0.29) is 16.7 Å². The maximum absolute atomic E-state index is 13.5. The summed E-state index contributed by atoms with van der Waals surface area (Å²) in [7, 11) is 0. The van der Waals surface area contributed by atoms with Gasteiger partial charge in [-0.15, -0.1) is 11.8 Å². The zero-order chi connectivity index (χ0) is 31.2. The topological polar surface area (TPSA) is 52.6 Å². The largest absolute Gasteiger partial charge is 0.507 e. The molecular formula is C37H50N2O2S2. The fraction of sp³-hybridized carbons (Fsp3) is 0.486. The van der Waals surface area contributed by atoms with Crippen LogP contribution in [-0.2, 0) is 15.6 Å². The summed E-state index contributed by atoms with van der Waals surface area (Å²) < 4.78 is 0. The molecule has 0 aromatic heterocycles. The number of hydrogen-bond acceptors (Lipinski definition) is 5. The van der Waals surface area contributed by atoms with Gasteiger partial charge in [0.2, 0.25) is 5.91 Å². The van der Waals surface area contributed by atoms with E-state index in [1.165, 1.54) is 14.7 Å². The SMILES string of the molecule is CCCCCN(C(=O)CCCCCSc1cc(C(C)(C)C)c(O)c(C(C)(C)C)c1)c1ccc2c(c1)Sc1ccccc1N2. The number of carbonyl (C=O) groups excluding carboxylic acids is 1. The van der Waals surface area contributed by atoms with Crippen LogP contribution in [0.4, 0.5) is 17.1 Å². The van der Waals surface area contributed by atoms with Gasteiger partial charge in [0, 0.05) is 44.5 Å². The molecule has 3 aromatic rings. The molecule has 1 amide bonds. The quantitative estimate of drug-likeness (QED) is 0.122. The van der Waals surface area contributed by atoms with Crippen LogP contribution in [0.15, 0.2) is 69.3 Å². The molecule has 0 bridgehead atoms. The molecule has 0 saturated carbocycles. The molecule has 43 heavy (non-hydrogen) atoms. The van der Waals surface area contributed by atoms with E-state index in [0.29, 0.717) is 12.2 Å². The first-order chi connectivity index (χ1) is 20.4. The van der Waals surface area contributed by atoms with Crippen molar-refractivity contribution < 1.29 is 9.90 Å². The summed E-state index contributed by atoms with van der Waals surface area (Å²) in [6, 6.07) is 19.1. The Labute approximate surface area is 268 Å². The minimum absolute atomic E-state index is 0.123. The van der Waals surface area contributed by atoms with Crippen molar-refractivity contribution in [1.29, 1.82) is 0 Å². The number of rotatable bonds is 12. The third-order valence-corrected chi connectivity index (χ3v) is 10.1. The minimum atomic E-state index is -0.123. The van der Waals surface area contributed by atoms with Crippen LogP contribution in [0.3, 0.4) is 0 Å². The summed E-state index contributed by atoms with van der Waals surface area (Å²) in [5, 5.41) is 14.6. The molecule has 0 aliphatic carbocycles. The number of anilines is 3. The van der Waals surface area contributed by atoms with E-state index in [9.17, 15) is 9.90 Å². The maximum atomic E-state index is 13.5. The minimum Gasteiger partial charge on any atom is -0.507 e. The number of phenols is 1. The lowest BCUT2D eigenvalue weighted by atomic mass is 9.79. The Morgan fingerprint density at radius 2 is 1.51 bits per heavy atom. The maximum Gasteiger partial charge on any atom is 0.226 e. The fourth-order valence-electron chi connectivity index (χ4n) is 5.42. The summed E-state index contributed by atoms with van der Waals surface area (Å²) in [4.78, 5) is 19.1. The number of unbranched alkanes of at least 4 members (excludes halogenated alkanes) is 4. The molecule has 6 heteroatoms. The second-order valence-electron chi connectivity index (χ2n) is 13.7. The van der Waals surface area contributed by atoms with Crippen molar-refractivity contribution in [3.63, 3.8) is 0 Å². The first kappa shape index (κ1) is 33.3. The van der Waals surface area contributed by atoms with E-state index in [0.717, 1.165) is 79.0 Å². The Hall–Kier alpha value is -2.57. The van der Waals surface area contributed by atoms with Crippen molar-refractivity contribution in [3.8, 4) is 5.75 Å². The molecule has 3 aromatic carbocycles. The fourth-order valence-corrected chi connectivity index (χ4v) is 7.43. The van der Waals surface area contributed by atoms with E-state index < -0.39 is 0 Å². The first-order valence-electron chi connectivity index (χ1n) is 15.9. The Balaban J connectivity index is 1.34. The van der Waals surface area contributed by atoms with Gasteiger partial charge < -0.3 is 15.3 Å². The van der Waals surface area contributed by atoms with Crippen molar-refractivity contribution >= 4 is 46.5 Å². The predicted molar refractivity (Wildman–Crippen MR) is 187 cm³/mol. The highest BCUT2D eigenvalue weighted by atomic mass is 32.2. The number of amides is 1. The van der Waals surface area contributed by atoms with Crippen LogP contribution in [0.5, 0.6) is 5.75 Å². The van der Waals surface area contributed by atoms with Gasteiger partial charge in [-0.25, -0.2) is 0 Å². The van der Waals surface area contributed by atoms with Crippen LogP contribution in [0.25, 0.3) is 0 Å². The molecule has 0 atom stereocenters. The molecule has 4 nitrogen and oxygen atoms in total. The third kappa shape index (κ3) is 8.76.